The van der Waals surface area contributed by atoms with Crippen LogP contribution in [0.25, 0.3) is 10.9 Å². The summed E-state index contributed by atoms with van der Waals surface area (Å²) >= 11 is 0. The second-order valence-electron chi connectivity index (χ2n) is 18.6. The summed E-state index contributed by atoms with van der Waals surface area (Å²) < 4.78 is 24.0. The summed E-state index contributed by atoms with van der Waals surface area (Å²) in [5.41, 5.74) is -1.58. The predicted molar refractivity (Wildman–Crippen MR) is 225 cm³/mol. The van der Waals surface area contributed by atoms with E-state index in [9.17, 15) is 19.8 Å². The van der Waals surface area contributed by atoms with E-state index in [1.165, 1.54) is 21.1 Å². The Labute approximate surface area is 352 Å². The summed E-state index contributed by atoms with van der Waals surface area (Å²) in [6.45, 7) is 8.77. The number of nitrogens with one attached hydrogen (secondary N) is 1. The molecule has 1 unspecified atom stereocenters. The second-order valence-corrected chi connectivity index (χ2v) is 18.6. The number of methoxy groups -OCH3 is 3. The van der Waals surface area contributed by atoms with Crippen LogP contribution in [0.2, 0.25) is 0 Å². The minimum absolute atomic E-state index is 0.103. The monoisotopic (exact) mass is 824 g/mol. The van der Waals surface area contributed by atoms with Gasteiger partial charge in [0.15, 0.2) is 6.10 Å². The smallest absolute Gasteiger partial charge is 0.344 e. The van der Waals surface area contributed by atoms with E-state index in [1.54, 1.807) is 7.11 Å². The maximum atomic E-state index is 15.4. The number of nitrogens with zero attached hydrogens (tertiary/aromatic N) is 3. The molecule has 3 N–H and O–H groups in total. The van der Waals surface area contributed by atoms with Gasteiger partial charge < -0.3 is 43.9 Å². The number of ether oxygens (including phenoxy) is 4. The van der Waals surface area contributed by atoms with Crippen molar-refractivity contribution in [1.82, 2.24) is 14.8 Å². The molecule has 60 heavy (non-hydrogen) atoms. The van der Waals surface area contributed by atoms with Gasteiger partial charge in [0.25, 0.3) is 0 Å². The first-order chi connectivity index (χ1) is 28.7. The minimum Gasteiger partial charge on any atom is -0.496 e. The Bertz CT molecular complexity index is 2270. The molecule has 2 aromatic carbocycles. The SMILES string of the molecule is CC[C@]1(O)C[C@@H]2CN(CCCc3c([nH]c4ccccc34)[C@@](C(=O)OC)(c3cc4c(cc3OC)N(C)[C@H]3[C@@](O)(C(=O)OC)[C@H](OC(C)=O)[C@]5(CC)C=CCN6CC[C@]43[C@@H]65)C2)C1. The van der Waals surface area contributed by atoms with Crippen molar-refractivity contribution in [1.29, 1.82) is 0 Å². The molecule has 6 aliphatic rings. The predicted octanol–water partition coefficient (Wildman–Crippen LogP) is 4.38. The Balaban J connectivity index is 1.37. The number of H-pyrrole nitrogens is 1. The number of rotatable bonds is 7. The lowest BCUT2D eigenvalue weighted by molar-refractivity contribution is -0.228. The molecular formula is C47H60N4O9. The van der Waals surface area contributed by atoms with Crippen molar-refractivity contribution >= 4 is 34.5 Å². The number of benzene rings is 2. The molecular weight excluding hydrogens is 765 g/mol. The van der Waals surface area contributed by atoms with Gasteiger partial charge in [0.1, 0.15) is 11.2 Å². The number of aryl methyl sites for hydroxylation is 1. The topological polar surface area (TPSA) is 154 Å². The molecule has 6 heterocycles. The summed E-state index contributed by atoms with van der Waals surface area (Å²) in [6, 6.07) is 11.0. The molecule has 322 valence electrons. The van der Waals surface area contributed by atoms with E-state index in [2.05, 4.69) is 39.1 Å². The average molecular weight is 825 g/mol. The summed E-state index contributed by atoms with van der Waals surface area (Å²) in [7, 11) is 6.17. The highest BCUT2D eigenvalue weighted by Crippen LogP contribution is 2.68. The van der Waals surface area contributed by atoms with E-state index in [0.29, 0.717) is 76.0 Å². The molecule has 10 atom stereocenters. The van der Waals surface area contributed by atoms with Gasteiger partial charge in [-0.1, -0.05) is 44.2 Å². The van der Waals surface area contributed by atoms with Crippen molar-refractivity contribution in [3.05, 3.63) is 70.9 Å². The van der Waals surface area contributed by atoms with Gasteiger partial charge in [-0.15, -0.1) is 0 Å². The number of esters is 3. The third kappa shape index (κ3) is 5.34. The third-order valence-corrected chi connectivity index (χ3v) is 15.8. The Morgan fingerprint density at radius 3 is 2.42 bits per heavy atom. The van der Waals surface area contributed by atoms with Gasteiger partial charge in [-0.2, -0.15) is 0 Å². The third-order valence-electron chi connectivity index (χ3n) is 15.8. The molecule has 9 rings (SSSR count). The van der Waals surface area contributed by atoms with Crippen LogP contribution >= 0.6 is 0 Å². The fourth-order valence-corrected chi connectivity index (χ4v) is 13.7. The van der Waals surface area contributed by atoms with Crippen LogP contribution in [-0.4, -0.2) is 133 Å². The van der Waals surface area contributed by atoms with Crippen LogP contribution < -0.4 is 9.64 Å². The van der Waals surface area contributed by atoms with E-state index in [0.717, 1.165) is 46.4 Å². The highest BCUT2D eigenvalue weighted by atomic mass is 16.6. The van der Waals surface area contributed by atoms with E-state index >= 15 is 4.79 Å². The maximum Gasteiger partial charge on any atom is 0.344 e. The van der Waals surface area contributed by atoms with Gasteiger partial charge in [0, 0.05) is 84.4 Å². The minimum atomic E-state index is -2.30. The van der Waals surface area contributed by atoms with Crippen LogP contribution in [0, 0.1) is 11.3 Å². The van der Waals surface area contributed by atoms with Crippen LogP contribution in [0.5, 0.6) is 5.75 Å². The number of carbonyl (C=O) groups excluding carboxylic acids is 3. The standard InChI is InChI=1S/C47H60N4O9/c1-8-43(55)24-29-25-46(41(53)58-6,37-31(15-12-19-50(26-29)27-43)30-14-10-11-16-34(30)48-37)33-22-32-35(23-36(33)57-5)49(4)39-45(32)18-21-51-20-13-17-44(9-2,38(45)51)40(60-28(3)52)47(39,56)42(54)59-7/h10-11,13-14,16-17,22-23,29,38-40,48,55-56H,8-9,12,15,18-21,24-27H2,1-7H3/t29-,38-,39+,40+,43-,44+,45+,46-,47-/m0/s1. The summed E-state index contributed by atoms with van der Waals surface area (Å²) in [5.74, 6) is -1.56. The summed E-state index contributed by atoms with van der Waals surface area (Å²) in [5, 5.41) is 26.4. The van der Waals surface area contributed by atoms with Gasteiger partial charge in [-0.25, -0.2) is 4.79 Å². The van der Waals surface area contributed by atoms with Gasteiger partial charge in [0.05, 0.1) is 33.0 Å². The number of aromatic nitrogens is 1. The molecule has 1 spiro atoms. The number of likely N-dealkylation sites (N-methyl/N-ethyl adjacent to an activating group) is 1. The largest absolute Gasteiger partial charge is 0.496 e. The summed E-state index contributed by atoms with van der Waals surface area (Å²) in [4.78, 5) is 53.3. The lowest BCUT2D eigenvalue weighted by atomic mass is 9.47. The van der Waals surface area contributed by atoms with Crippen molar-refractivity contribution in [2.24, 2.45) is 11.3 Å². The van der Waals surface area contributed by atoms with Gasteiger partial charge in [-0.3, -0.25) is 14.5 Å². The highest BCUT2D eigenvalue weighted by Gasteiger charge is 2.80. The van der Waals surface area contributed by atoms with Crippen LogP contribution in [0.3, 0.4) is 0 Å². The number of aliphatic hydroxyl groups is 2. The molecule has 13 nitrogen and oxygen atoms in total. The zero-order valence-corrected chi connectivity index (χ0v) is 36.0. The lowest BCUT2D eigenvalue weighted by Crippen LogP contribution is -2.81. The van der Waals surface area contributed by atoms with Gasteiger partial charge in [-0.05, 0) is 87.2 Å². The number of anilines is 1. The van der Waals surface area contributed by atoms with Gasteiger partial charge in [0.2, 0.25) is 5.60 Å². The molecule has 5 aliphatic heterocycles. The average Bonchev–Trinajstić information content (AvgIpc) is 3.90. The first-order valence-electron chi connectivity index (χ1n) is 21.7. The number of hydrogen-bond acceptors (Lipinski definition) is 12. The lowest BCUT2D eigenvalue weighted by Gasteiger charge is -2.63. The fraction of sp³-hybridized carbons (Fsp3) is 0.596. The van der Waals surface area contributed by atoms with Crippen molar-refractivity contribution < 1.29 is 43.5 Å². The zero-order chi connectivity index (χ0) is 42.6. The van der Waals surface area contributed by atoms with E-state index in [4.69, 9.17) is 18.9 Å². The Kier molecular flexibility index (Phi) is 9.77. The normalized spacial score (nSPS) is 36.8. The number of para-hydroxylation sites is 1. The molecule has 3 fully saturated rings. The van der Waals surface area contributed by atoms with E-state index in [-0.39, 0.29) is 12.0 Å². The first-order valence-corrected chi connectivity index (χ1v) is 21.7. The van der Waals surface area contributed by atoms with Crippen LogP contribution in [0.1, 0.15) is 81.7 Å². The van der Waals surface area contributed by atoms with Crippen LogP contribution in [-0.2, 0) is 45.8 Å². The fourth-order valence-electron chi connectivity index (χ4n) is 13.7. The van der Waals surface area contributed by atoms with Crippen molar-refractivity contribution in [3.8, 4) is 5.75 Å². The molecule has 1 aromatic heterocycles. The number of piperidine rings is 1. The molecule has 1 aliphatic carbocycles. The van der Waals surface area contributed by atoms with Crippen molar-refractivity contribution in [2.75, 3.05) is 66.0 Å². The zero-order valence-electron chi connectivity index (χ0n) is 36.0. The van der Waals surface area contributed by atoms with Crippen LogP contribution in [0.4, 0.5) is 5.69 Å². The van der Waals surface area contributed by atoms with Crippen molar-refractivity contribution in [2.45, 2.75) is 106 Å². The quantitative estimate of drug-likeness (QED) is 0.176. The number of hydrogen-bond donors (Lipinski definition) is 3. The Hall–Kier alpha value is -4.43. The molecule has 13 heteroatoms. The maximum absolute atomic E-state index is 15.4. The first kappa shape index (κ1) is 40.9. The second kappa shape index (κ2) is 14.3. The number of aromatic amines is 1. The van der Waals surface area contributed by atoms with E-state index < -0.39 is 57.5 Å². The highest BCUT2D eigenvalue weighted by molar-refractivity contribution is 5.95. The van der Waals surface area contributed by atoms with Crippen molar-refractivity contribution in [3.63, 3.8) is 0 Å². The number of fused-ring (bicyclic) bond motifs is 6. The Morgan fingerprint density at radius 1 is 0.950 bits per heavy atom. The molecule has 1 saturated carbocycles. The molecule has 3 aromatic rings. The molecule has 2 saturated heterocycles. The van der Waals surface area contributed by atoms with Gasteiger partial charge >= 0.3 is 17.9 Å². The molecule has 0 radical (unpaired) electrons. The molecule has 0 amide bonds. The van der Waals surface area contributed by atoms with Crippen LogP contribution in [0.15, 0.2) is 48.6 Å². The molecule has 2 bridgehead atoms. The number of carbonyl (C=O) groups is 3. The Morgan fingerprint density at radius 2 is 1.72 bits per heavy atom. The summed E-state index contributed by atoms with van der Waals surface area (Å²) in [6.07, 6.45) is 6.84. The van der Waals surface area contributed by atoms with E-state index in [1.807, 2.05) is 50.1 Å².